The number of aliphatic hydroxyl groups excluding tert-OH is 1. The minimum absolute atomic E-state index is 0.0166. The number of hydrogen-bond acceptors (Lipinski definition) is 6. The van der Waals surface area contributed by atoms with Gasteiger partial charge in [-0.15, -0.1) is 0 Å². The molecular formula is C22H24F3N5O3. The number of nitrogens with one attached hydrogen (secondary N) is 1. The maximum Gasteiger partial charge on any atom is 0.416 e. The lowest BCUT2D eigenvalue weighted by Crippen LogP contribution is -2.31. The second kappa shape index (κ2) is 8.62. The Kier molecular flexibility index (Phi) is 6.00. The van der Waals surface area contributed by atoms with Crippen molar-refractivity contribution in [1.29, 1.82) is 0 Å². The van der Waals surface area contributed by atoms with Gasteiger partial charge in [-0.25, -0.2) is 19.7 Å². The molecule has 1 aliphatic carbocycles. The number of carboxylic acid groups (broad SMARTS) is 1. The van der Waals surface area contributed by atoms with E-state index < -0.39 is 29.6 Å². The number of alkyl halides is 3. The van der Waals surface area contributed by atoms with Crippen LogP contribution in [-0.4, -0.2) is 41.7 Å². The minimum atomic E-state index is -4.44. The van der Waals surface area contributed by atoms with Crippen LogP contribution in [0.4, 0.5) is 19.0 Å². The summed E-state index contributed by atoms with van der Waals surface area (Å²) in [5.74, 6) is -0.843. The summed E-state index contributed by atoms with van der Waals surface area (Å²) in [6, 6.07) is 4.72. The third-order valence-electron chi connectivity index (χ3n) is 6.04. The van der Waals surface area contributed by atoms with Crippen LogP contribution in [0.25, 0.3) is 11.2 Å². The van der Waals surface area contributed by atoms with Gasteiger partial charge in [0.1, 0.15) is 17.4 Å². The van der Waals surface area contributed by atoms with E-state index in [9.17, 15) is 28.2 Å². The topological polar surface area (TPSA) is 113 Å². The summed E-state index contributed by atoms with van der Waals surface area (Å²) in [6.45, 7) is 3.58. The Balaban J connectivity index is 1.81. The molecule has 2 unspecified atom stereocenters. The third kappa shape index (κ3) is 4.63. The van der Waals surface area contributed by atoms with E-state index in [1.54, 1.807) is 4.57 Å². The largest absolute Gasteiger partial charge is 0.475 e. The van der Waals surface area contributed by atoms with Crippen LogP contribution in [0.2, 0.25) is 0 Å². The molecule has 0 spiro atoms. The highest BCUT2D eigenvalue weighted by atomic mass is 19.4. The van der Waals surface area contributed by atoms with Crippen LogP contribution in [0.1, 0.15) is 66.8 Å². The molecular weight excluding hydrogens is 439 g/mol. The van der Waals surface area contributed by atoms with Gasteiger partial charge < -0.3 is 20.1 Å². The number of nitrogens with zero attached hydrogens (tertiary/aromatic N) is 4. The van der Waals surface area contributed by atoms with Crippen molar-refractivity contribution in [2.75, 3.05) is 5.32 Å². The molecule has 1 aliphatic rings. The average molecular weight is 463 g/mol. The maximum absolute atomic E-state index is 12.9. The summed E-state index contributed by atoms with van der Waals surface area (Å²) in [4.78, 5) is 24.1. The molecule has 1 saturated carbocycles. The van der Waals surface area contributed by atoms with Crippen molar-refractivity contribution in [1.82, 2.24) is 19.5 Å². The summed E-state index contributed by atoms with van der Waals surface area (Å²) in [5, 5.41) is 23.0. The molecule has 33 heavy (non-hydrogen) atoms. The highest BCUT2D eigenvalue weighted by molar-refractivity contribution is 5.90. The van der Waals surface area contributed by atoms with E-state index in [2.05, 4.69) is 20.3 Å². The summed E-state index contributed by atoms with van der Waals surface area (Å²) >= 11 is 0. The summed E-state index contributed by atoms with van der Waals surface area (Å²) in [7, 11) is 0. The number of hydrogen-bond donors (Lipinski definition) is 3. The van der Waals surface area contributed by atoms with Crippen molar-refractivity contribution in [3.05, 3.63) is 47.0 Å². The van der Waals surface area contributed by atoms with Gasteiger partial charge in [-0.05, 0) is 50.3 Å². The van der Waals surface area contributed by atoms with Crippen molar-refractivity contribution in [2.45, 2.75) is 58.0 Å². The van der Waals surface area contributed by atoms with Gasteiger partial charge in [0.05, 0.1) is 5.56 Å². The normalized spacial score (nSPS) is 16.4. The highest BCUT2D eigenvalue weighted by Gasteiger charge is 2.30. The first-order chi connectivity index (χ1) is 15.5. The van der Waals surface area contributed by atoms with Gasteiger partial charge in [-0.3, -0.25) is 0 Å². The molecule has 1 fully saturated rings. The molecule has 0 saturated heterocycles. The Morgan fingerprint density at radius 3 is 2.36 bits per heavy atom. The van der Waals surface area contributed by atoms with Crippen LogP contribution in [-0.2, 0) is 12.7 Å². The number of aliphatic hydroxyl groups is 1. The minimum Gasteiger partial charge on any atom is -0.475 e. The van der Waals surface area contributed by atoms with E-state index in [1.807, 2.05) is 6.92 Å². The fourth-order valence-corrected chi connectivity index (χ4v) is 3.98. The SMILES string of the molecule is CC(O)c1nc2nc(C(=O)O)nc(NC(C)C3CCC3)c2n1Cc1ccc(C(F)(F)F)cc1. The predicted octanol–water partition coefficient (Wildman–Crippen LogP) is 4.25. The van der Waals surface area contributed by atoms with Crippen molar-refractivity contribution < 1.29 is 28.2 Å². The molecule has 0 radical (unpaired) electrons. The number of benzene rings is 1. The maximum atomic E-state index is 12.9. The third-order valence-corrected chi connectivity index (χ3v) is 6.04. The highest BCUT2D eigenvalue weighted by Crippen LogP contribution is 2.33. The van der Waals surface area contributed by atoms with E-state index in [1.165, 1.54) is 19.1 Å². The van der Waals surface area contributed by atoms with Gasteiger partial charge in [0.2, 0.25) is 5.82 Å². The van der Waals surface area contributed by atoms with Crippen LogP contribution < -0.4 is 5.32 Å². The number of anilines is 1. The number of halogens is 3. The Hall–Kier alpha value is -3.21. The Morgan fingerprint density at radius 2 is 1.85 bits per heavy atom. The van der Waals surface area contributed by atoms with Gasteiger partial charge in [-0.1, -0.05) is 18.6 Å². The molecule has 0 bridgehead atoms. The number of carboxylic acids is 1. The molecule has 4 rings (SSSR count). The summed E-state index contributed by atoms with van der Waals surface area (Å²) in [6.07, 6.45) is -2.23. The monoisotopic (exact) mass is 463 g/mol. The van der Waals surface area contributed by atoms with Gasteiger partial charge in [-0.2, -0.15) is 13.2 Å². The molecule has 11 heteroatoms. The first-order valence-electron chi connectivity index (χ1n) is 10.7. The molecule has 2 atom stereocenters. The Bertz CT molecular complexity index is 1170. The smallest absolute Gasteiger partial charge is 0.416 e. The van der Waals surface area contributed by atoms with Gasteiger partial charge >= 0.3 is 12.1 Å². The zero-order valence-electron chi connectivity index (χ0n) is 18.1. The van der Waals surface area contributed by atoms with Gasteiger partial charge in [0.15, 0.2) is 11.5 Å². The fourth-order valence-electron chi connectivity index (χ4n) is 3.98. The molecule has 0 aliphatic heterocycles. The van der Waals surface area contributed by atoms with Crippen molar-refractivity contribution in [3.63, 3.8) is 0 Å². The lowest BCUT2D eigenvalue weighted by atomic mass is 9.80. The lowest BCUT2D eigenvalue weighted by Gasteiger charge is -2.32. The van der Waals surface area contributed by atoms with Crippen molar-refractivity contribution >= 4 is 23.0 Å². The fraction of sp³-hybridized carbons (Fsp3) is 0.455. The number of aromatic nitrogens is 4. The van der Waals surface area contributed by atoms with E-state index in [0.717, 1.165) is 31.4 Å². The quantitative estimate of drug-likeness (QED) is 0.480. The number of carbonyl (C=O) groups is 1. The van der Waals surface area contributed by atoms with Crippen LogP contribution in [0.15, 0.2) is 24.3 Å². The number of imidazole rings is 1. The number of fused-ring (bicyclic) bond motifs is 1. The van der Waals surface area contributed by atoms with Crippen LogP contribution >= 0.6 is 0 Å². The molecule has 176 valence electrons. The van der Waals surface area contributed by atoms with Gasteiger partial charge in [0.25, 0.3) is 0 Å². The second-order valence-electron chi connectivity index (χ2n) is 8.42. The molecule has 2 heterocycles. The van der Waals surface area contributed by atoms with Crippen LogP contribution in [0.3, 0.4) is 0 Å². The number of rotatable bonds is 7. The predicted molar refractivity (Wildman–Crippen MR) is 114 cm³/mol. The van der Waals surface area contributed by atoms with Crippen LogP contribution in [0.5, 0.6) is 0 Å². The molecule has 2 aromatic heterocycles. The average Bonchev–Trinajstić information content (AvgIpc) is 3.05. The summed E-state index contributed by atoms with van der Waals surface area (Å²) < 4.78 is 40.4. The molecule has 3 aromatic rings. The summed E-state index contributed by atoms with van der Waals surface area (Å²) in [5.41, 5.74) is 0.267. The Morgan fingerprint density at radius 1 is 1.18 bits per heavy atom. The van der Waals surface area contributed by atoms with Gasteiger partial charge in [0, 0.05) is 12.6 Å². The first-order valence-corrected chi connectivity index (χ1v) is 10.7. The van der Waals surface area contributed by atoms with E-state index in [0.29, 0.717) is 17.0 Å². The first kappa shape index (κ1) is 23.0. The molecule has 1 aromatic carbocycles. The molecule has 3 N–H and O–H groups in total. The van der Waals surface area contributed by atoms with Crippen LogP contribution in [0, 0.1) is 5.92 Å². The van der Waals surface area contributed by atoms with Crippen molar-refractivity contribution in [3.8, 4) is 0 Å². The Labute approximate surface area is 187 Å². The number of aromatic carboxylic acids is 1. The molecule has 8 nitrogen and oxygen atoms in total. The van der Waals surface area contributed by atoms with E-state index in [-0.39, 0.29) is 29.9 Å². The van der Waals surface area contributed by atoms with E-state index >= 15 is 0 Å². The second-order valence-corrected chi connectivity index (χ2v) is 8.42. The lowest BCUT2D eigenvalue weighted by molar-refractivity contribution is -0.137. The standard InChI is InChI=1S/C22H24F3N5O3/c1-11(14-4-3-5-14)26-17-16-18(28-19(27-17)21(32)33)29-20(12(2)31)30(16)10-13-6-8-15(9-7-13)22(23,24)25/h6-9,11-12,14,31H,3-5,10H2,1-2H3,(H,32,33)(H,26,27,28). The van der Waals surface area contributed by atoms with Crippen molar-refractivity contribution in [2.24, 2.45) is 5.92 Å². The zero-order valence-corrected chi connectivity index (χ0v) is 18.1. The molecule has 0 amide bonds. The zero-order chi connectivity index (χ0) is 23.9. The van der Waals surface area contributed by atoms with E-state index in [4.69, 9.17) is 0 Å².